The quantitative estimate of drug-likeness (QED) is 0.811. The smallest absolute Gasteiger partial charge is 0.134 e. The number of nitrogens with one attached hydrogen (secondary N) is 2. The summed E-state index contributed by atoms with van der Waals surface area (Å²) in [7, 11) is 0. The Balaban J connectivity index is 2.12. The molecule has 0 radical (unpaired) electrons. The molecule has 1 aliphatic carbocycles. The molecule has 4 heteroatoms. The van der Waals surface area contributed by atoms with Crippen LogP contribution in [0.25, 0.3) is 0 Å². The van der Waals surface area contributed by atoms with Gasteiger partial charge in [-0.2, -0.15) is 0 Å². The fourth-order valence-electron chi connectivity index (χ4n) is 2.53. The molecule has 0 saturated heterocycles. The number of anilines is 2. The minimum absolute atomic E-state index is 0.601. The number of hydrogen-bond donors (Lipinski definition) is 2. The average Bonchev–Trinajstić information content (AvgIpc) is 2.89. The summed E-state index contributed by atoms with van der Waals surface area (Å²) in [6.45, 7) is 5.29. The Hall–Kier alpha value is -1.32. The average molecular weight is 248 g/mol. The minimum atomic E-state index is 0.601. The van der Waals surface area contributed by atoms with Gasteiger partial charge >= 0.3 is 0 Å². The largest absolute Gasteiger partial charge is 0.370 e. The van der Waals surface area contributed by atoms with E-state index in [-0.39, 0.29) is 0 Å². The predicted octanol–water partition coefficient (Wildman–Crippen LogP) is 3.22. The van der Waals surface area contributed by atoms with Crippen LogP contribution >= 0.6 is 0 Å². The first-order chi connectivity index (χ1) is 8.85. The number of aromatic nitrogens is 2. The van der Waals surface area contributed by atoms with Crippen LogP contribution in [-0.2, 0) is 6.42 Å². The van der Waals surface area contributed by atoms with Gasteiger partial charge in [0.15, 0.2) is 0 Å². The van der Waals surface area contributed by atoms with E-state index in [1.54, 1.807) is 6.33 Å². The van der Waals surface area contributed by atoms with Crippen molar-refractivity contribution in [2.45, 2.75) is 58.4 Å². The van der Waals surface area contributed by atoms with E-state index >= 15 is 0 Å². The van der Waals surface area contributed by atoms with Gasteiger partial charge < -0.3 is 10.6 Å². The second-order valence-electron chi connectivity index (χ2n) is 4.96. The number of rotatable bonds is 6. The van der Waals surface area contributed by atoms with Crippen LogP contribution in [-0.4, -0.2) is 22.6 Å². The fourth-order valence-corrected chi connectivity index (χ4v) is 2.53. The molecule has 0 spiro atoms. The maximum absolute atomic E-state index is 4.42. The predicted molar refractivity (Wildman–Crippen MR) is 76.1 cm³/mol. The second-order valence-corrected chi connectivity index (χ2v) is 4.96. The van der Waals surface area contributed by atoms with Crippen LogP contribution in [0.3, 0.4) is 0 Å². The van der Waals surface area contributed by atoms with E-state index in [9.17, 15) is 0 Å². The van der Waals surface area contributed by atoms with Crippen LogP contribution in [0.1, 0.15) is 51.5 Å². The van der Waals surface area contributed by atoms with Crippen molar-refractivity contribution in [3.05, 3.63) is 11.9 Å². The van der Waals surface area contributed by atoms with Gasteiger partial charge in [-0.25, -0.2) is 9.97 Å². The van der Waals surface area contributed by atoms with E-state index < -0.39 is 0 Å². The van der Waals surface area contributed by atoms with Gasteiger partial charge in [0.2, 0.25) is 0 Å². The highest BCUT2D eigenvalue weighted by Crippen LogP contribution is 2.25. The van der Waals surface area contributed by atoms with Crippen molar-refractivity contribution in [1.82, 2.24) is 9.97 Å². The Bertz CT molecular complexity index is 372. The lowest BCUT2D eigenvalue weighted by molar-refractivity contribution is 0.746. The van der Waals surface area contributed by atoms with Gasteiger partial charge in [-0.1, -0.05) is 26.7 Å². The van der Waals surface area contributed by atoms with Crippen LogP contribution in [0.5, 0.6) is 0 Å². The molecule has 1 aromatic rings. The molecule has 1 heterocycles. The molecule has 0 aromatic carbocycles. The van der Waals surface area contributed by atoms with Crippen LogP contribution in [0.4, 0.5) is 11.6 Å². The molecule has 0 aliphatic heterocycles. The molecule has 0 unspecified atom stereocenters. The topological polar surface area (TPSA) is 49.8 Å². The molecule has 1 aromatic heterocycles. The third kappa shape index (κ3) is 3.12. The molecule has 2 rings (SSSR count). The zero-order valence-corrected chi connectivity index (χ0v) is 11.5. The van der Waals surface area contributed by atoms with Crippen molar-refractivity contribution in [1.29, 1.82) is 0 Å². The lowest BCUT2D eigenvalue weighted by Gasteiger charge is -2.17. The lowest BCUT2D eigenvalue weighted by atomic mass is 10.2. The fraction of sp³-hybridized carbons (Fsp3) is 0.714. The Morgan fingerprint density at radius 1 is 1.17 bits per heavy atom. The summed E-state index contributed by atoms with van der Waals surface area (Å²) in [5, 5.41) is 6.97. The van der Waals surface area contributed by atoms with E-state index in [2.05, 4.69) is 34.4 Å². The van der Waals surface area contributed by atoms with Crippen molar-refractivity contribution in [2.24, 2.45) is 0 Å². The summed E-state index contributed by atoms with van der Waals surface area (Å²) >= 11 is 0. The van der Waals surface area contributed by atoms with Crippen molar-refractivity contribution in [3.8, 4) is 0 Å². The molecule has 2 N–H and O–H groups in total. The molecule has 18 heavy (non-hydrogen) atoms. The maximum atomic E-state index is 4.42. The van der Waals surface area contributed by atoms with E-state index in [4.69, 9.17) is 0 Å². The summed E-state index contributed by atoms with van der Waals surface area (Å²) in [4.78, 5) is 8.78. The van der Waals surface area contributed by atoms with Gasteiger partial charge in [-0.3, -0.25) is 0 Å². The normalized spacial score (nSPS) is 15.9. The highest BCUT2D eigenvalue weighted by molar-refractivity contribution is 5.57. The van der Waals surface area contributed by atoms with Crippen LogP contribution in [0.15, 0.2) is 6.33 Å². The van der Waals surface area contributed by atoms with Gasteiger partial charge in [-0.05, 0) is 25.7 Å². The maximum Gasteiger partial charge on any atom is 0.134 e. The number of nitrogens with zero attached hydrogens (tertiary/aromatic N) is 2. The second kappa shape index (κ2) is 6.57. The van der Waals surface area contributed by atoms with Crippen molar-refractivity contribution in [3.63, 3.8) is 0 Å². The molecule has 0 amide bonds. The first-order valence-corrected chi connectivity index (χ1v) is 7.19. The van der Waals surface area contributed by atoms with E-state index in [1.807, 2.05) is 0 Å². The Morgan fingerprint density at radius 2 is 1.89 bits per heavy atom. The van der Waals surface area contributed by atoms with Crippen LogP contribution in [0.2, 0.25) is 0 Å². The first-order valence-electron chi connectivity index (χ1n) is 7.19. The standard InChI is InChI=1S/C14H24N4/c1-3-9-15-13-12(4-2)14(17-10-16-13)18-11-7-5-6-8-11/h10-11H,3-9H2,1-2H3,(H2,15,16,17,18). The zero-order valence-electron chi connectivity index (χ0n) is 11.5. The molecule has 1 aliphatic rings. The highest BCUT2D eigenvalue weighted by atomic mass is 15.1. The Morgan fingerprint density at radius 3 is 2.56 bits per heavy atom. The molecule has 100 valence electrons. The third-order valence-electron chi connectivity index (χ3n) is 3.54. The molecular weight excluding hydrogens is 224 g/mol. The molecule has 1 fully saturated rings. The van der Waals surface area contributed by atoms with E-state index in [0.29, 0.717) is 6.04 Å². The summed E-state index contributed by atoms with van der Waals surface area (Å²) in [6.07, 6.45) is 8.95. The molecular formula is C14H24N4. The molecule has 4 nitrogen and oxygen atoms in total. The molecule has 0 bridgehead atoms. The highest BCUT2D eigenvalue weighted by Gasteiger charge is 2.17. The number of hydrogen-bond acceptors (Lipinski definition) is 4. The Kier molecular flexibility index (Phi) is 4.79. The van der Waals surface area contributed by atoms with Gasteiger partial charge in [0.05, 0.1) is 0 Å². The summed E-state index contributed by atoms with van der Waals surface area (Å²) in [5.41, 5.74) is 1.22. The molecule has 1 saturated carbocycles. The summed E-state index contributed by atoms with van der Waals surface area (Å²) in [6, 6.07) is 0.601. The van der Waals surface area contributed by atoms with Crippen LogP contribution in [0, 0.1) is 0 Å². The van der Waals surface area contributed by atoms with Gasteiger partial charge in [-0.15, -0.1) is 0 Å². The van der Waals surface area contributed by atoms with Crippen molar-refractivity contribution >= 4 is 11.6 Å². The van der Waals surface area contributed by atoms with Gasteiger partial charge in [0.1, 0.15) is 18.0 Å². The van der Waals surface area contributed by atoms with E-state index in [0.717, 1.165) is 31.0 Å². The van der Waals surface area contributed by atoms with Crippen molar-refractivity contribution in [2.75, 3.05) is 17.2 Å². The third-order valence-corrected chi connectivity index (χ3v) is 3.54. The Labute approximate surface area is 110 Å². The monoisotopic (exact) mass is 248 g/mol. The summed E-state index contributed by atoms with van der Waals surface area (Å²) in [5.74, 6) is 2.02. The minimum Gasteiger partial charge on any atom is -0.370 e. The van der Waals surface area contributed by atoms with Crippen molar-refractivity contribution < 1.29 is 0 Å². The van der Waals surface area contributed by atoms with Crippen LogP contribution < -0.4 is 10.6 Å². The summed E-state index contributed by atoms with van der Waals surface area (Å²) < 4.78 is 0. The van der Waals surface area contributed by atoms with E-state index in [1.165, 1.54) is 31.2 Å². The first kappa shape index (κ1) is 13.1. The SMILES string of the molecule is CCCNc1ncnc(NC2CCCC2)c1CC. The van der Waals surface area contributed by atoms with Gasteiger partial charge in [0.25, 0.3) is 0 Å². The lowest BCUT2D eigenvalue weighted by Crippen LogP contribution is -2.18. The van der Waals surface area contributed by atoms with Gasteiger partial charge in [0, 0.05) is 18.2 Å². The molecule has 0 atom stereocenters. The zero-order chi connectivity index (χ0) is 12.8.